The normalized spacial score (nSPS) is 12.3. The van der Waals surface area contributed by atoms with Crippen LogP contribution in [0.15, 0.2) is 58.0 Å². The highest BCUT2D eigenvalue weighted by Crippen LogP contribution is 2.34. The number of para-hydroxylation sites is 1. The van der Waals surface area contributed by atoms with E-state index in [4.69, 9.17) is 16.0 Å². The van der Waals surface area contributed by atoms with Gasteiger partial charge in [-0.2, -0.15) is 8.42 Å². The molecule has 0 atom stereocenters. The highest BCUT2D eigenvalue weighted by Gasteiger charge is 2.33. The van der Waals surface area contributed by atoms with Crippen molar-refractivity contribution >= 4 is 38.3 Å². The molecule has 1 aromatic heterocycles. The molecule has 132 valence electrons. The lowest BCUT2D eigenvalue weighted by atomic mass is 10.3. The Hall–Kier alpha value is -2.39. The molecule has 0 radical (unpaired) electrons. The van der Waals surface area contributed by atoms with Crippen LogP contribution in [0.3, 0.4) is 0 Å². The van der Waals surface area contributed by atoms with Crippen molar-refractivity contribution in [2.24, 2.45) is 0 Å². The highest BCUT2D eigenvalue weighted by atomic mass is 35.5. The molecule has 0 amide bonds. The Balaban J connectivity index is 1.99. The van der Waals surface area contributed by atoms with E-state index in [9.17, 15) is 21.6 Å². The van der Waals surface area contributed by atoms with Crippen molar-refractivity contribution < 1.29 is 30.7 Å². The van der Waals surface area contributed by atoms with Crippen molar-refractivity contribution in [2.45, 2.75) is 11.5 Å². The zero-order valence-corrected chi connectivity index (χ0v) is 13.7. The monoisotopic (exact) mass is 391 g/mol. The molecule has 25 heavy (non-hydrogen) atoms. The zero-order valence-electron chi connectivity index (χ0n) is 12.2. The summed E-state index contributed by atoms with van der Waals surface area (Å²) in [6.07, 6.45) is -4.99. The first-order chi connectivity index (χ1) is 11.6. The van der Waals surface area contributed by atoms with E-state index in [2.05, 4.69) is 4.74 Å². The second-order valence-electron chi connectivity index (χ2n) is 4.90. The molecule has 0 spiro atoms. The van der Waals surface area contributed by atoms with Crippen LogP contribution in [-0.2, 0) is 10.0 Å². The number of rotatable bonds is 4. The average molecular weight is 392 g/mol. The van der Waals surface area contributed by atoms with E-state index in [1.165, 1.54) is 6.07 Å². The fourth-order valence-electron chi connectivity index (χ4n) is 2.08. The predicted molar refractivity (Wildman–Crippen MR) is 85.2 cm³/mol. The van der Waals surface area contributed by atoms with Gasteiger partial charge in [-0.3, -0.25) is 4.72 Å². The number of furan rings is 1. The van der Waals surface area contributed by atoms with Gasteiger partial charge < -0.3 is 9.15 Å². The Morgan fingerprint density at radius 1 is 1.08 bits per heavy atom. The van der Waals surface area contributed by atoms with Gasteiger partial charge in [-0.05, 0) is 24.3 Å². The summed E-state index contributed by atoms with van der Waals surface area (Å²) in [6, 6.07) is 10.8. The van der Waals surface area contributed by atoms with E-state index < -0.39 is 32.9 Å². The third-order valence-corrected chi connectivity index (χ3v) is 4.53. The van der Waals surface area contributed by atoms with Crippen molar-refractivity contribution in [1.29, 1.82) is 0 Å². The molecule has 1 heterocycles. The number of nitrogens with one attached hydrogen (secondary N) is 1. The van der Waals surface area contributed by atoms with Crippen LogP contribution in [0.5, 0.6) is 5.75 Å². The van der Waals surface area contributed by atoms with Crippen LogP contribution in [-0.4, -0.2) is 14.8 Å². The summed E-state index contributed by atoms with van der Waals surface area (Å²) < 4.78 is 73.3. The van der Waals surface area contributed by atoms with Crippen LogP contribution in [0.2, 0.25) is 5.02 Å². The topological polar surface area (TPSA) is 68.5 Å². The maximum atomic E-state index is 12.5. The summed E-state index contributed by atoms with van der Waals surface area (Å²) in [5.74, 6) is -0.739. The number of anilines is 1. The second-order valence-corrected chi connectivity index (χ2v) is 6.95. The molecule has 10 heteroatoms. The maximum Gasteiger partial charge on any atom is 0.573 e. The van der Waals surface area contributed by atoms with Crippen molar-refractivity contribution in [3.05, 3.63) is 53.6 Å². The molecule has 0 saturated carbocycles. The number of alkyl halides is 3. The van der Waals surface area contributed by atoms with Gasteiger partial charge in [0.15, 0.2) is 5.75 Å². The number of hydrogen-bond acceptors (Lipinski definition) is 4. The third-order valence-electron chi connectivity index (χ3n) is 3.08. The maximum absolute atomic E-state index is 12.5. The minimum Gasteiger partial charge on any atom is -0.443 e. The fraction of sp³-hybridized carbons (Fsp3) is 0.0667. The highest BCUT2D eigenvalue weighted by molar-refractivity contribution is 7.92. The molecule has 0 unspecified atom stereocenters. The lowest BCUT2D eigenvalue weighted by Crippen LogP contribution is -2.19. The van der Waals surface area contributed by atoms with Gasteiger partial charge in [-0.25, -0.2) is 0 Å². The first-order valence-corrected chi connectivity index (χ1v) is 8.57. The first kappa shape index (κ1) is 17.4. The minimum atomic E-state index is -4.99. The SMILES string of the molecule is O=S(=O)(Nc1cc(Cl)ccc1OC(F)(F)F)c1cc2ccccc2o1. The van der Waals surface area contributed by atoms with E-state index >= 15 is 0 Å². The molecular formula is C15H9ClF3NO4S. The Bertz CT molecular complexity index is 998. The zero-order chi connectivity index (χ0) is 18.2. The van der Waals surface area contributed by atoms with Crippen LogP contribution in [0, 0.1) is 0 Å². The van der Waals surface area contributed by atoms with E-state index in [1.54, 1.807) is 24.3 Å². The Kier molecular flexibility index (Phi) is 4.29. The quantitative estimate of drug-likeness (QED) is 0.694. The second kappa shape index (κ2) is 6.16. The lowest BCUT2D eigenvalue weighted by Gasteiger charge is -2.14. The molecule has 1 N–H and O–H groups in total. The summed E-state index contributed by atoms with van der Waals surface area (Å²) in [6.45, 7) is 0. The van der Waals surface area contributed by atoms with Gasteiger partial charge in [-0.1, -0.05) is 29.8 Å². The molecular weight excluding hydrogens is 383 g/mol. The van der Waals surface area contributed by atoms with Crippen molar-refractivity contribution in [2.75, 3.05) is 4.72 Å². The average Bonchev–Trinajstić information content (AvgIpc) is 2.93. The van der Waals surface area contributed by atoms with Crippen LogP contribution in [0.1, 0.15) is 0 Å². The van der Waals surface area contributed by atoms with Crippen LogP contribution < -0.4 is 9.46 Å². The van der Waals surface area contributed by atoms with Gasteiger partial charge in [0, 0.05) is 16.5 Å². The molecule has 0 bridgehead atoms. The molecule has 2 aromatic carbocycles. The van der Waals surface area contributed by atoms with E-state index in [1.807, 2.05) is 4.72 Å². The van der Waals surface area contributed by atoms with Crippen molar-refractivity contribution in [3.63, 3.8) is 0 Å². The van der Waals surface area contributed by atoms with E-state index in [0.29, 0.717) is 11.0 Å². The molecule has 0 fully saturated rings. The standard InChI is InChI=1S/C15H9ClF3NO4S/c16-10-5-6-13(24-15(17,18)19)11(8-10)20-25(21,22)14-7-9-3-1-2-4-12(9)23-14/h1-8,20H. The van der Waals surface area contributed by atoms with Gasteiger partial charge in [0.1, 0.15) is 5.58 Å². The van der Waals surface area contributed by atoms with Crippen LogP contribution in [0.25, 0.3) is 11.0 Å². The van der Waals surface area contributed by atoms with Crippen LogP contribution in [0.4, 0.5) is 18.9 Å². The Morgan fingerprint density at radius 3 is 2.48 bits per heavy atom. The number of hydrogen-bond donors (Lipinski definition) is 1. The molecule has 0 saturated heterocycles. The van der Waals surface area contributed by atoms with Gasteiger partial charge in [0.2, 0.25) is 5.09 Å². The van der Waals surface area contributed by atoms with Crippen molar-refractivity contribution in [3.8, 4) is 5.75 Å². The third kappa shape index (κ3) is 3.99. The Morgan fingerprint density at radius 2 is 1.80 bits per heavy atom. The van der Waals surface area contributed by atoms with Gasteiger partial charge >= 0.3 is 6.36 Å². The van der Waals surface area contributed by atoms with Gasteiger partial charge in [0.25, 0.3) is 10.0 Å². The summed E-state index contributed by atoms with van der Waals surface area (Å²) in [4.78, 5) is 0. The minimum absolute atomic E-state index is 0.0248. The molecule has 0 aliphatic carbocycles. The summed E-state index contributed by atoms with van der Waals surface area (Å²) in [5, 5.41) is 0.101. The summed E-state index contributed by atoms with van der Waals surface area (Å²) in [5.41, 5.74) is -0.147. The number of ether oxygens (including phenoxy) is 1. The largest absolute Gasteiger partial charge is 0.573 e. The van der Waals surface area contributed by atoms with E-state index in [0.717, 1.165) is 18.2 Å². The fourth-order valence-corrected chi connectivity index (χ4v) is 3.28. The predicted octanol–water partition coefficient (Wildman–Crippen LogP) is 4.79. The summed E-state index contributed by atoms with van der Waals surface area (Å²) in [7, 11) is -4.29. The molecule has 5 nitrogen and oxygen atoms in total. The number of fused-ring (bicyclic) bond motifs is 1. The lowest BCUT2D eigenvalue weighted by molar-refractivity contribution is -0.274. The molecule has 0 aliphatic heterocycles. The molecule has 3 rings (SSSR count). The number of sulfonamides is 1. The Labute approximate surface area is 145 Å². The van der Waals surface area contributed by atoms with Crippen molar-refractivity contribution in [1.82, 2.24) is 0 Å². The molecule has 0 aliphatic rings. The summed E-state index contributed by atoms with van der Waals surface area (Å²) >= 11 is 5.73. The van der Waals surface area contributed by atoms with E-state index in [-0.39, 0.29) is 5.02 Å². The van der Waals surface area contributed by atoms with Gasteiger partial charge in [0.05, 0.1) is 5.69 Å². The number of halogens is 4. The molecule has 3 aromatic rings. The smallest absolute Gasteiger partial charge is 0.443 e. The number of benzene rings is 2. The van der Waals surface area contributed by atoms with Crippen LogP contribution >= 0.6 is 11.6 Å². The van der Waals surface area contributed by atoms with Gasteiger partial charge in [-0.15, -0.1) is 13.2 Å². The first-order valence-electron chi connectivity index (χ1n) is 6.71.